The van der Waals surface area contributed by atoms with E-state index in [1.165, 1.54) is 4.90 Å². The molecule has 0 saturated heterocycles. The molecule has 0 fully saturated rings. The molecule has 0 saturated carbocycles. The van der Waals surface area contributed by atoms with Crippen molar-refractivity contribution in [3.05, 3.63) is 65.7 Å². The van der Waals surface area contributed by atoms with Crippen LogP contribution in [0.4, 0.5) is 5.69 Å². The van der Waals surface area contributed by atoms with E-state index in [4.69, 9.17) is 0 Å². The average molecular weight is 324 g/mol. The predicted molar refractivity (Wildman–Crippen MR) is 91.8 cm³/mol. The van der Waals surface area contributed by atoms with E-state index in [-0.39, 0.29) is 12.5 Å². The van der Waals surface area contributed by atoms with Crippen molar-refractivity contribution in [1.82, 2.24) is 4.90 Å². The van der Waals surface area contributed by atoms with Gasteiger partial charge in [0.15, 0.2) is 0 Å². The number of nitrogens with zero attached hydrogens (tertiary/aromatic N) is 2. The Morgan fingerprint density at radius 1 is 1.08 bits per heavy atom. The summed E-state index contributed by atoms with van der Waals surface area (Å²) in [6.45, 7) is 0.491. The summed E-state index contributed by atoms with van der Waals surface area (Å²) in [7, 11) is 1.83. The van der Waals surface area contributed by atoms with Crippen molar-refractivity contribution in [1.29, 1.82) is 0 Å². The van der Waals surface area contributed by atoms with Crippen LogP contribution in [0.25, 0.3) is 0 Å². The molecular weight excluding hydrogens is 304 g/mol. The van der Waals surface area contributed by atoms with Crippen molar-refractivity contribution in [2.24, 2.45) is 0 Å². The smallest absolute Gasteiger partial charge is 0.326 e. The number of carbonyl (C=O) groups excluding carboxylic acids is 1. The maximum absolute atomic E-state index is 12.7. The van der Waals surface area contributed by atoms with Crippen molar-refractivity contribution in [3.63, 3.8) is 0 Å². The number of rotatable bonds is 4. The Morgan fingerprint density at radius 3 is 2.38 bits per heavy atom. The summed E-state index contributed by atoms with van der Waals surface area (Å²) in [6, 6.07) is 16.5. The second-order valence-electron chi connectivity index (χ2n) is 6.04. The standard InChI is InChI=1S/C19H20N2O3/c1-20(16-9-3-2-4-10-16)13-18(22)21-12-15-8-6-5-7-14(15)11-17(21)19(23)24/h2-10,17H,11-13H2,1H3,(H,23,24). The number of hydrogen-bond donors (Lipinski definition) is 1. The van der Waals surface area contributed by atoms with Crippen LogP contribution >= 0.6 is 0 Å². The molecule has 124 valence electrons. The molecule has 5 heteroatoms. The van der Waals surface area contributed by atoms with Gasteiger partial charge < -0.3 is 14.9 Å². The maximum Gasteiger partial charge on any atom is 0.326 e. The summed E-state index contributed by atoms with van der Waals surface area (Å²) >= 11 is 0. The molecule has 0 spiro atoms. The largest absolute Gasteiger partial charge is 0.480 e. The number of carbonyl (C=O) groups is 2. The zero-order valence-corrected chi connectivity index (χ0v) is 13.6. The number of carboxylic acid groups (broad SMARTS) is 1. The van der Waals surface area contributed by atoms with Crippen molar-refractivity contribution in [3.8, 4) is 0 Å². The third-order valence-corrected chi connectivity index (χ3v) is 4.42. The molecule has 1 heterocycles. The minimum Gasteiger partial charge on any atom is -0.480 e. The highest BCUT2D eigenvalue weighted by atomic mass is 16.4. The highest BCUT2D eigenvalue weighted by Crippen LogP contribution is 2.24. The summed E-state index contributed by atoms with van der Waals surface area (Å²) in [5, 5.41) is 9.53. The summed E-state index contributed by atoms with van der Waals surface area (Å²) in [5.41, 5.74) is 2.95. The Bertz CT molecular complexity index is 745. The van der Waals surface area contributed by atoms with Crippen molar-refractivity contribution in [2.75, 3.05) is 18.5 Å². The van der Waals surface area contributed by atoms with Crippen LogP contribution in [0.3, 0.4) is 0 Å². The van der Waals surface area contributed by atoms with Gasteiger partial charge in [-0.05, 0) is 23.3 Å². The SMILES string of the molecule is CN(CC(=O)N1Cc2ccccc2CC1C(=O)O)c1ccccc1. The number of benzene rings is 2. The lowest BCUT2D eigenvalue weighted by Gasteiger charge is -2.35. The summed E-state index contributed by atoms with van der Waals surface area (Å²) in [6.07, 6.45) is 0.353. The fourth-order valence-corrected chi connectivity index (χ4v) is 3.07. The van der Waals surface area contributed by atoms with Gasteiger partial charge in [-0.3, -0.25) is 4.79 Å². The van der Waals surface area contributed by atoms with Gasteiger partial charge in [0.2, 0.25) is 5.91 Å². The summed E-state index contributed by atoms with van der Waals surface area (Å²) < 4.78 is 0. The number of fused-ring (bicyclic) bond motifs is 1. The molecule has 1 amide bonds. The van der Waals surface area contributed by atoms with E-state index in [0.717, 1.165) is 16.8 Å². The van der Waals surface area contributed by atoms with Gasteiger partial charge >= 0.3 is 5.97 Å². The Morgan fingerprint density at radius 2 is 1.71 bits per heavy atom. The number of hydrogen-bond acceptors (Lipinski definition) is 3. The Hall–Kier alpha value is -2.82. The number of likely N-dealkylation sites (N-methyl/N-ethyl adjacent to an activating group) is 1. The summed E-state index contributed by atoms with van der Waals surface area (Å²) in [4.78, 5) is 27.7. The average Bonchev–Trinajstić information content (AvgIpc) is 2.61. The number of carboxylic acids is 1. The molecule has 0 aromatic heterocycles. The first-order valence-corrected chi connectivity index (χ1v) is 7.91. The fourth-order valence-electron chi connectivity index (χ4n) is 3.07. The quantitative estimate of drug-likeness (QED) is 0.936. The zero-order valence-electron chi connectivity index (χ0n) is 13.6. The lowest BCUT2D eigenvalue weighted by Crippen LogP contribution is -2.51. The highest BCUT2D eigenvalue weighted by Gasteiger charge is 2.34. The zero-order chi connectivity index (χ0) is 17.1. The van der Waals surface area contributed by atoms with Crippen molar-refractivity contribution in [2.45, 2.75) is 19.0 Å². The predicted octanol–water partition coefficient (Wildman–Crippen LogP) is 2.16. The van der Waals surface area contributed by atoms with Gasteiger partial charge in [0.1, 0.15) is 6.04 Å². The van der Waals surface area contributed by atoms with Crippen LogP contribution in [-0.2, 0) is 22.6 Å². The minimum absolute atomic E-state index is 0.149. The lowest BCUT2D eigenvalue weighted by molar-refractivity contribution is -0.150. The second-order valence-corrected chi connectivity index (χ2v) is 6.04. The first-order chi connectivity index (χ1) is 11.6. The number of para-hydroxylation sites is 1. The van der Waals surface area contributed by atoms with Crippen LogP contribution in [0, 0.1) is 0 Å². The van der Waals surface area contributed by atoms with Crippen LogP contribution in [0.2, 0.25) is 0 Å². The molecule has 1 aliphatic heterocycles. The first kappa shape index (κ1) is 16.1. The van der Waals surface area contributed by atoms with Crippen LogP contribution < -0.4 is 4.90 Å². The van der Waals surface area contributed by atoms with E-state index in [9.17, 15) is 14.7 Å². The van der Waals surface area contributed by atoms with Gasteiger partial charge in [0.05, 0.1) is 6.54 Å². The number of amides is 1. The molecule has 1 N–H and O–H groups in total. The van der Waals surface area contributed by atoms with Gasteiger partial charge in [-0.15, -0.1) is 0 Å². The first-order valence-electron chi connectivity index (χ1n) is 7.91. The summed E-state index contributed by atoms with van der Waals surface area (Å²) in [5.74, 6) is -1.14. The van der Waals surface area contributed by atoms with Crippen molar-refractivity contribution < 1.29 is 14.7 Å². The van der Waals surface area contributed by atoms with Gasteiger partial charge in [-0.1, -0.05) is 42.5 Å². The monoisotopic (exact) mass is 324 g/mol. The van der Waals surface area contributed by atoms with Gasteiger partial charge in [-0.25, -0.2) is 4.79 Å². The van der Waals surface area contributed by atoms with Gasteiger partial charge in [0, 0.05) is 25.7 Å². The molecule has 2 aromatic carbocycles. The lowest BCUT2D eigenvalue weighted by atomic mass is 9.94. The third-order valence-electron chi connectivity index (χ3n) is 4.42. The van der Waals surface area contributed by atoms with Crippen molar-refractivity contribution >= 4 is 17.6 Å². The van der Waals surface area contributed by atoms with E-state index >= 15 is 0 Å². The number of anilines is 1. The molecule has 2 aromatic rings. The third kappa shape index (κ3) is 3.25. The molecule has 3 rings (SSSR count). The van der Waals surface area contributed by atoms with E-state index in [0.29, 0.717) is 13.0 Å². The molecule has 24 heavy (non-hydrogen) atoms. The van der Waals surface area contributed by atoms with E-state index in [2.05, 4.69) is 0 Å². The van der Waals surface area contributed by atoms with Crippen LogP contribution in [0.15, 0.2) is 54.6 Å². The van der Waals surface area contributed by atoms with E-state index < -0.39 is 12.0 Å². The van der Waals surface area contributed by atoms with E-state index in [1.807, 2.05) is 66.5 Å². The minimum atomic E-state index is -0.958. The molecule has 0 aliphatic carbocycles. The second kappa shape index (κ2) is 6.74. The van der Waals surface area contributed by atoms with Crippen LogP contribution in [0.5, 0.6) is 0 Å². The molecule has 0 bridgehead atoms. The highest BCUT2D eigenvalue weighted by molar-refractivity contribution is 5.87. The maximum atomic E-state index is 12.7. The molecule has 0 radical (unpaired) electrons. The van der Waals surface area contributed by atoms with Gasteiger partial charge in [0.25, 0.3) is 0 Å². The normalized spacial score (nSPS) is 16.4. The van der Waals surface area contributed by atoms with E-state index in [1.54, 1.807) is 0 Å². The molecule has 5 nitrogen and oxygen atoms in total. The molecule has 1 atom stereocenters. The number of aliphatic carboxylic acids is 1. The molecular formula is C19H20N2O3. The Balaban J connectivity index is 1.78. The molecule has 1 unspecified atom stereocenters. The fraction of sp³-hybridized carbons (Fsp3) is 0.263. The Kier molecular flexibility index (Phi) is 4.51. The molecule has 1 aliphatic rings. The Labute approximate surface area is 141 Å². The van der Waals surface area contributed by atoms with Gasteiger partial charge in [-0.2, -0.15) is 0 Å². The van der Waals surface area contributed by atoms with Crippen LogP contribution in [0.1, 0.15) is 11.1 Å². The topological polar surface area (TPSA) is 60.9 Å². The van der Waals surface area contributed by atoms with Crippen LogP contribution in [-0.4, -0.2) is 41.5 Å².